The Kier molecular flexibility index (Phi) is 4.43. The highest BCUT2D eigenvalue weighted by Gasteiger charge is 2.11. The summed E-state index contributed by atoms with van der Waals surface area (Å²) in [4.78, 5) is 0. The molecule has 1 atom stereocenters. The summed E-state index contributed by atoms with van der Waals surface area (Å²) in [6.07, 6.45) is 3.44. The summed E-state index contributed by atoms with van der Waals surface area (Å²) < 4.78 is 5.51. The first kappa shape index (κ1) is 12.4. The van der Waals surface area contributed by atoms with Gasteiger partial charge in [-0.05, 0) is 42.6 Å². The smallest absolute Gasteiger partial charge is 0.122 e. The molecule has 1 heterocycles. The molecule has 0 amide bonds. The molecule has 0 aromatic heterocycles. The molecule has 0 saturated carbocycles. The molecule has 0 aliphatic carbocycles. The van der Waals surface area contributed by atoms with Gasteiger partial charge < -0.3 is 10.1 Å². The standard InChI is InChI=1S/C15H23NO/c1-3-12(2)11-16-8-6-13-4-5-15-14(10-13)7-9-17-15/h4-5,10,12,16H,3,6-9,11H2,1-2H3. The second-order valence-corrected chi connectivity index (χ2v) is 5.01. The lowest BCUT2D eigenvalue weighted by atomic mass is 10.1. The zero-order chi connectivity index (χ0) is 12.1. The maximum Gasteiger partial charge on any atom is 0.122 e. The summed E-state index contributed by atoms with van der Waals surface area (Å²) in [5.41, 5.74) is 2.80. The van der Waals surface area contributed by atoms with Crippen molar-refractivity contribution >= 4 is 0 Å². The number of benzene rings is 1. The minimum absolute atomic E-state index is 0.781. The van der Waals surface area contributed by atoms with Gasteiger partial charge in [0.2, 0.25) is 0 Å². The van der Waals surface area contributed by atoms with Gasteiger partial charge in [0.05, 0.1) is 6.61 Å². The van der Waals surface area contributed by atoms with Crippen LogP contribution in [0.2, 0.25) is 0 Å². The molecule has 0 radical (unpaired) electrons. The van der Waals surface area contributed by atoms with Gasteiger partial charge in [-0.3, -0.25) is 0 Å². The van der Waals surface area contributed by atoms with Crippen molar-refractivity contribution < 1.29 is 4.74 Å². The predicted molar refractivity (Wildman–Crippen MR) is 71.7 cm³/mol. The van der Waals surface area contributed by atoms with Crippen LogP contribution in [0.4, 0.5) is 0 Å². The third kappa shape index (κ3) is 3.47. The Balaban J connectivity index is 1.76. The number of fused-ring (bicyclic) bond motifs is 1. The zero-order valence-corrected chi connectivity index (χ0v) is 11.0. The van der Waals surface area contributed by atoms with Gasteiger partial charge in [-0.15, -0.1) is 0 Å². The SMILES string of the molecule is CCC(C)CNCCc1ccc2c(c1)CCO2. The zero-order valence-electron chi connectivity index (χ0n) is 11.0. The topological polar surface area (TPSA) is 21.3 Å². The molecule has 1 N–H and O–H groups in total. The largest absolute Gasteiger partial charge is 0.493 e. The van der Waals surface area contributed by atoms with Crippen molar-refractivity contribution in [2.45, 2.75) is 33.1 Å². The van der Waals surface area contributed by atoms with Crippen LogP contribution >= 0.6 is 0 Å². The van der Waals surface area contributed by atoms with Crippen molar-refractivity contribution in [2.24, 2.45) is 5.92 Å². The van der Waals surface area contributed by atoms with E-state index < -0.39 is 0 Å². The van der Waals surface area contributed by atoms with Crippen LogP contribution in [0.25, 0.3) is 0 Å². The van der Waals surface area contributed by atoms with Crippen molar-refractivity contribution in [3.05, 3.63) is 29.3 Å². The van der Waals surface area contributed by atoms with E-state index in [0.29, 0.717) is 0 Å². The van der Waals surface area contributed by atoms with Crippen LogP contribution in [0.15, 0.2) is 18.2 Å². The Morgan fingerprint density at radius 2 is 2.29 bits per heavy atom. The molecular weight excluding hydrogens is 210 g/mol. The van der Waals surface area contributed by atoms with E-state index in [2.05, 4.69) is 37.4 Å². The summed E-state index contributed by atoms with van der Waals surface area (Å²) in [6, 6.07) is 6.61. The fourth-order valence-electron chi connectivity index (χ4n) is 2.12. The summed E-state index contributed by atoms with van der Waals surface area (Å²) in [7, 11) is 0. The Morgan fingerprint density at radius 3 is 3.12 bits per heavy atom. The quantitative estimate of drug-likeness (QED) is 0.763. The van der Waals surface area contributed by atoms with Crippen molar-refractivity contribution in [1.29, 1.82) is 0 Å². The molecule has 0 bridgehead atoms. The minimum Gasteiger partial charge on any atom is -0.493 e. The van der Waals surface area contributed by atoms with E-state index in [0.717, 1.165) is 44.2 Å². The number of rotatable bonds is 6. The molecule has 1 unspecified atom stereocenters. The van der Waals surface area contributed by atoms with Gasteiger partial charge in [-0.2, -0.15) is 0 Å². The lowest BCUT2D eigenvalue weighted by Gasteiger charge is -2.10. The first-order valence-corrected chi connectivity index (χ1v) is 6.75. The third-order valence-corrected chi connectivity index (χ3v) is 3.53. The molecule has 2 rings (SSSR count). The fourth-order valence-corrected chi connectivity index (χ4v) is 2.12. The molecular formula is C15H23NO. The highest BCUT2D eigenvalue weighted by Crippen LogP contribution is 2.25. The van der Waals surface area contributed by atoms with Crippen LogP contribution in [-0.4, -0.2) is 19.7 Å². The molecule has 17 heavy (non-hydrogen) atoms. The Morgan fingerprint density at radius 1 is 1.41 bits per heavy atom. The maximum atomic E-state index is 5.51. The van der Waals surface area contributed by atoms with Crippen molar-refractivity contribution in [3.8, 4) is 5.75 Å². The lowest BCUT2D eigenvalue weighted by Crippen LogP contribution is -2.23. The minimum atomic E-state index is 0.781. The summed E-state index contributed by atoms with van der Waals surface area (Å²) in [5, 5.41) is 3.52. The van der Waals surface area contributed by atoms with Crippen LogP contribution in [0.3, 0.4) is 0 Å². The Labute approximate surface area is 104 Å². The van der Waals surface area contributed by atoms with Gasteiger partial charge in [0.25, 0.3) is 0 Å². The van der Waals surface area contributed by atoms with E-state index in [4.69, 9.17) is 4.74 Å². The van der Waals surface area contributed by atoms with Crippen LogP contribution < -0.4 is 10.1 Å². The average molecular weight is 233 g/mol. The highest BCUT2D eigenvalue weighted by atomic mass is 16.5. The molecule has 1 aliphatic rings. The fraction of sp³-hybridized carbons (Fsp3) is 0.600. The monoisotopic (exact) mass is 233 g/mol. The van der Waals surface area contributed by atoms with Crippen molar-refractivity contribution in [2.75, 3.05) is 19.7 Å². The van der Waals surface area contributed by atoms with Crippen LogP contribution in [-0.2, 0) is 12.8 Å². The van der Waals surface area contributed by atoms with Crippen molar-refractivity contribution in [3.63, 3.8) is 0 Å². The number of hydrogen-bond donors (Lipinski definition) is 1. The van der Waals surface area contributed by atoms with Gasteiger partial charge in [-0.1, -0.05) is 32.4 Å². The molecule has 0 spiro atoms. The van der Waals surface area contributed by atoms with Crippen LogP contribution in [0.1, 0.15) is 31.4 Å². The van der Waals surface area contributed by atoms with E-state index >= 15 is 0 Å². The molecule has 0 saturated heterocycles. The molecule has 1 aromatic rings. The van der Waals surface area contributed by atoms with Gasteiger partial charge in [0, 0.05) is 6.42 Å². The first-order chi connectivity index (χ1) is 8.29. The third-order valence-electron chi connectivity index (χ3n) is 3.53. The molecule has 1 aromatic carbocycles. The second kappa shape index (κ2) is 6.06. The summed E-state index contributed by atoms with van der Waals surface area (Å²) in [5.74, 6) is 1.87. The average Bonchev–Trinajstić information content (AvgIpc) is 2.81. The molecule has 1 aliphatic heterocycles. The van der Waals surface area contributed by atoms with Gasteiger partial charge in [0.15, 0.2) is 0 Å². The maximum absolute atomic E-state index is 5.51. The van der Waals surface area contributed by atoms with E-state index in [1.165, 1.54) is 17.5 Å². The molecule has 94 valence electrons. The van der Waals surface area contributed by atoms with Crippen molar-refractivity contribution in [1.82, 2.24) is 5.32 Å². The van der Waals surface area contributed by atoms with E-state index in [-0.39, 0.29) is 0 Å². The van der Waals surface area contributed by atoms with Gasteiger partial charge in [0.1, 0.15) is 5.75 Å². The summed E-state index contributed by atoms with van der Waals surface area (Å²) in [6.45, 7) is 7.59. The van der Waals surface area contributed by atoms with E-state index in [1.807, 2.05) is 0 Å². The molecule has 0 fully saturated rings. The van der Waals surface area contributed by atoms with E-state index in [9.17, 15) is 0 Å². The van der Waals surface area contributed by atoms with Crippen LogP contribution in [0.5, 0.6) is 5.75 Å². The number of ether oxygens (including phenoxy) is 1. The molecule has 2 nitrogen and oxygen atoms in total. The Bertz CT molecular complexity index is 362. The van der Waals surface area contributed by atoms with Gasteiger partial charge >= 0.3 is 0 Å². The molecule has 2 heteroatoms. The summed E-state index contributed by atoms with van der Waals surface area (Å²) >= 11 is 0. The number of hydrogen-bond acceptors (Lipinski definition) is 2. The van der Waals surface area contributed by atoms with Crippen LogP contribution in [0, 0.1) is 5.92 Å². The Hall–Kier alpha value is -1.02. The normalized spacial score (nSPS) is 15.4. The van der Waals surface area contributed by atoms with E-state index in [1.54, 1.807) is 0 Å². The second-order valence-electron chi connectivity index (χ2n) is 5.01. The highest BCUT2D eigenvalue weighted by molar-refractivity contribution is 5.39. The number of nitrogens with one attached hydrogen (secondary N) is 1. The predicted octanol–water partition coefficient (Wildman–Crippen LogP) is 2.80. The van der Waals surface area contributed by atoms with Gasteiger partial charge in [-0.25, -0.2) is 0 Å². The lowest BCUT2D eigenvalue weighted by molar-refractivity contribution is 0.357. The first-order valence-electron chi connectivity index (χ1n) is 6.75.